The van der Waals surface area contributed by atoms with Gasteiger partial charge in [0.05, 0.1) is 28.9 Å². The van der Waals surface area contributed by atoms with E-state index in [4.69, 9.17) is 25.8 Å². The summed E-state index contributed by atoms with van der Waals surface area (Å²) in [7, 11) is -4.22. The summed E-state index contributed by atoms with van der Waals surface area (Å²) < 4.78 is 47.7. The fourth-order valence-corrected chi connectivity index (χ4v) is 9.21. The van der Waals surface area contributed by atoms with Crippen molar-refractivity contribution in [1.29, 1.82) is 0 Å². The number of nitrogens with zero attached hydrogens (tertiary/aromatic N) is 3. The van der Waals surface area contributed by atoms with Crippen LogP contribution in [0.25, 0.3) is 16.6 Å². The number of H-pyrrole nitrogens is 1. The van der Waals surface area contributed by atoms with Gasteiger partial charge < -0.3 is 29.4 Å². The number of aryl methyl sites for hydroxylation is 1. The molecule has 2 fully saturated rings. The van der Waals surface area contributed by atoms with E-state index in [2.05, 4.69) is 55.8 Å². The molecule has 59 heavy (non-hydrogen) atoms. The zero-order chi connectivity index (χ0) is 41.1. The van der Waals surface area contributed by atoms with Crippen molar-refractivity contribution in [1.82, 2.24) is 19.6 Å². The van der Waals surface area contributed by atoms with Gasteiger partial charge in [0, 0.05) is 92.9 Å². The number of aromatic amines is 1. The van der Waals surface area contributed by atoms with Crippen molar-refractivity contribution < 1.29 is 27.4 Å². The summed E-state index contributed by atoms with van der Waals surface area (Å²) >= 11 is 6.22. The normalized spacial score (nSPS) is 17.9. The minimum absolute atomic E-state index is 0.00131. The predicted octanol–water partition coefficient (Wildman–Crippen LogP) is 8.05. The first-order valence-electron chi connectivity index (χ1n) is 20.2. The van der Waals surface area contributed by atoms with Gasteiger partial charge in [-0.15, -0.1) is 0 Å². The molecule has 0 aliphatic carbocycles. The maximum atomic E-state index is 13.9. The van der Waals surface area contributed by atoms with Crippen LogP contribution in [0, 0.1) is 12.8 Å². The van der Waals surface area contributed by atoms with E-state index < -0.39 is 15.9 Å². The summed E-state index contributed by atoms with van der Waals surface area (Å²) in [6, 6.07) is 21.9. The Labute approximate surface area is 350 Å². The quantitative estimate of drug-likeness (QED) is 0.113. The average Bonchev–Trinajstić information content (AvgIpc) is 3.70. The first-order chi connectivity index (χ1) is 28.4. The molecule has 0 radical (unpaired) electrons. The van der Waals surface area contributed by atoms with Crippen LogP contribution >= 0.6 is 11.6 Å². The second-order valence-electron chi connectivity index (χ2n) is 16.3. The molecule has 1 amide bonds. The molecule has 3 aliphatic heterocycles. The third-order valence-electron chi connectivity index (χ3n) is 11.5. The Morgan fingerprint density at radius 3 is 2.54 bits per heavy atom. The third kappa shape index (κ3) is 9.77. The first-order valence-corrected chi connectivity index (χ1v) is 22.1. The van der Waals surface area contributed by atoms with E-state index >= 15 is 0 Å². The number of amides is 1. The topological polar surface area (TPSA) is 138 Å². The molecule has 0 spiro atoms. The highest BCUT2D eigenvalue weighted by Gasteiger charge is 2.31. The van der Waals surface area contributed by atoms with Crippen LogP contribution in [0.2, 0.25) is 5.02 Å². The number of benzene rings is 3. The molecule has 310 valence electrons. The van der Waals surface area contributed by atoms with Crippen molar-refractivity contribution in [2.45, 2.75) is 50.5 Å². The van der Waals surface area contributed by atoms with Gasteiger partial charge in [0.25, 0.3) is 15.9 Å². The summed E-state index contributed by atoms with van der Waals surface area (Å²) in [5.74, 6) is 0.339. The van der Waals surface area contributed by atoms with Crippen LogP contribution in [0.5, 0.6) is 11.5 Å². The molecule has 2 saturated heterocycles. The van der Waals surface area contributed by atoms with Crippen LogP contribution in [0.1, 0.15) is 54.6 Å². The SMILES string of the molecule is Cc1cc(S(=O)(=O)NC(=O)c2ccc(N3CCN(CC4=C(c5ccc(Cl)cc5)CC(C)(C)OC4)CC3)cc2Oc2cnc3[nH]ccc3c2)ccc1NCC1CCOCC1. The van der Waals surface area contributed by atoms with Crippen molar-refractivity contribution in [3.63, 3.8) is 0 Å². The van der Waals surface area contributed by atoms with Crippen molar-refractivity contribution in [3.05, 3.63) is 112 Å². The summed E-state index contributed by atoms with van der Waals surface area (Å²) in [5, 5.41) is 5.01. The van der Waals surface area contributed by atoms with Crippen molar-refractivity contribution in [2.75, 3.05) is 69.3 Å². The number of carbonyl (C=O) groups excluding carboxylic acids is 1. The lowest BCUT2D eigenvalue weighted by Gasteiger charge is -2.39. The Morgan fingerprint density at radius 2 is 1.78 bits per heavy atom. The number of fused-ring (bicyclic) bond motifs is 1. The summed E-state index contributed by atoms with van der Waals surface area (Å²) in [5.41, 5.74) is 6.79. The fraction of sp³-hybridized carbons (Fsp3) is 0.378. The van der Waals surface area contributed by atoms with E-state index in [1.165, 1.54) is 22.8 Å². The molecular formula is C45H51ClN6O6S. The van der Waals surface area contributed by atoms with Crippen LogP contribution in [0.3, 0.4) is 0 Å². The van der Waals surface area contributed by atoms with Gasteiger partial charge in [-0.25, -0.2) is 18.1 Å². The van der Waals surface area contributed by atoms with Crippen LogP contribution in [-0.4, -0.2) is 93.9 Å². The highest BCUT2D eigenvalue weighted by atomic mass is 35.5. The number of ether oxygens (including phenoxy) is 3. The maximum Gasteiger partial charge on any atom is 0.268 e. The van der Waals surface area contributed by atoms with Gasteiger partial charge >= 0.3 is 0 Å². The molecule has 5 heterocycles. The van der Waals surface area contributed by atoms with Gasteiger partial charge in [-0.1, -0.05) is 23.7 Å². The predicted molar refractivity (Wildman–Crippen MR) is 232 cm³/mol. The lowest BCUT2D eigenvalue weighted by Crippen LogP contribution is -2.47. The number of piperazine rings is 1. The molecule has 3 aliphatic rings. The van der Waals surface area contributed by atoms with E-state index in [0.717, 1.165) is 99.1 Å². The van der Waals surface area contributed by atoms with Gasteiger partial charge in [-0.05, 0) is 116 Å². The number of halogens is 1. The zero-order valence-corrected chi connectivity index (χ0v) is 35.3. The standard InChI is InChI=1S/C45H51ClN6O6S/c1-30-22-38(9-11-41(30)48-26-31-13-20-56-21-14-31)59(54,55)50-44(53)39-10-8-36(24-42(39)58-37-23-33-12-15-47-43(33)49-27-37)52-18-16-51(17-19-52)28-34-29-57-45(2,3)25-40(34)32-4-6-35(46)7-5-32/h4-12,15,22-24,27,31,48H,13-14,16-21,25-26,28-29H2,1-3H3,(H,47,49)(H,50,53). The second kappa shape index (κ2) is 17.4. The first kappa shape index (κ1) is 40.8. The van der Waals surface area contributed by atoms with Crippen LogP contribution < -0.4 is 19.7 Å². The number of nitrogens with one attached hydrogen (secondary N) is 3. The van der Waals surface area contributed by atoms with Crippen molar-refractivity contribution in [3.8, 4) is 11.5 Å². The van der Waals surface area contributed by atoms with Crippen LogP contribution in [0.4, 0.5) is 11.4 Å². The fourth-order valence-electron chi connectivity index (χ4n) is 8.03. The average molecular weight is 839 g/mol. The Morgan fingerprint density at radius 1 is 1.00 bits per heavy atom. The second-order valence-corrected chi connectivity index (χ2v) is 18.4. The monoisotopic (exact) mass is 838 g/mol. The van der Waals surface area contributed by atoms with Crippen LogP contribution in [0.15, 0.2) is 95.7 Å². The molecule has 0 atom stereocenters. The molecule has 3 N–H and O–H groups in total. The van der Waals surface area contributed by atoms with Gasteiger partial charge in [-0.3, -0.25) is 9.69 Å². The smallest absolute Gasteiger partial charge is 0.268 e. The van der Waals surface area contributed by atoms with Crippen LogP contribution in [-0.2, 0) is 19.5 Å². The molecule has 3 aromatic carbocycles. The number of sulfonamides is 1. The molecule has 0 saturated carbocycles. The summed E-state index contributed by atoms with van der Waals surface area (Å²) in [4.78, 5) is 26.1. The maximum absolute atomic E-state index is 13.9. The van der Waals surface area contributed by atoms with E-state index in [0.29, 0.717) is 23.9 Å². The molecule has 2 aromatic heterocycles. The number of aromatic nitrogens is 2. The third-order valence-corrected chi connectivity index (χ3v) is 13.1. The number of anilines is 2. The zero-order valence-electron chi connectivity index (χ0n) is 33.7. The van der Waals surface area contributed by atoms with E-state index in [9.17, 15) is 13.2 Å². The van der Waals surface area contributed by atoms with Gasteiger partial charge in [0.2, 0.25) is 0 Å². The number of hydrogen-bond donors (Lipinski definition) is 3. The Hall–Kier alpha value is -4.92. The highest BCUT2D eigenvalue weighted by Crippen LogP contribution is 2.37. The molecule has 12 nitrogen and oxygen atoms in total. The van der Waals surface area contributed by atoms with E-state index in [-0.39, 0.29) is 21.8 Å². The molecule has 14 heteroatoms. The highest BCUT2D eigenvalue weighted by molar-refractivity contribution is 7.90. The minimum Gasteiger partial charge on any atom is -0.455 e. The van der Waals surface area contributed by atoms with Crippen molar-refractivity contribution >= 4 is 55.5 Å². The Bertz CT molecular complexity index is 2450. The van der Waals surface area contributed by atoms with E-state index in [1.54, 1.807) is 36.7 Å². The Balaban J connectivity index is 0.986. The number of carbonyl (C=O) groups is 1. The number of hydrogen-bond acceptors (Lipinski definition) is 10. The minimum atomic E-state index is -4.22. The lowest BCUT2D eigenvalue weighted by atomic mass is 9.87. The molecular weight excluding hydrogens is 788 g/mol. The van der Waals surface area contributed by atoms with Gasteiger partial charge in [0.15, 0.2) is 0 Å². The molecule has 0 unspecified atom stereocenters. The lowest BCUT2D eigenvalue weighted by molar-refractivity contribution is -0.0101. The van der Waals surface area contributed by atoms with Crippen molar-refractivity contribution in [2.24, 2.45) is 5.92 Å². The van der Waals surface area contributed by atoms with E-state index in [1.807, 2.05) is 37.3 Å². The van der Waals surface area contributed by atoms with Gasteiger partial charge in [0.1, 0.15) is 17.1 Å². The van der Waals surface area contributed by atoms with Gasteiger partial charge in [-0.2, -0.15) is 0 Å². The molecule has 8 rings (SSSR count). The number of rotatable bonds is 12. The summed E-state index contributed by atoms with van der Waals surface area (Å²) in [6.45, 7) is 12.9. The molecule has 0 bridgehead atoms. The summed E-state index contributed by atoms with van der Waals surface area (Å²) in [6.07, 6.45) is 6.17. The molecule has 5 aromatic rings. The Kier molecular flexibility index (Phi) is 12.0. The largest absolute Gasteiger partial charge is 0.455 e. The number of pyridine rings is 1.